The normalized spacial score (nSPS) is 15.0. The van der Waals surface area contributed by atoms with Crippen molar-refractivity contribution >= 4 is 5.91 Å². The van der Waals surface area contributed by atoms with Crippen molar-refractivity contribution in [2.75, 3.05) is 13.1 Å². The van der Waals surface area contributed by atoms with E-state index in [0.29, 0.717) is 5.56 Å². The number of likely N-dealkylation sites (tertiary alicyclic amines) is 1. The molecule has 1 N–H and O–H groups in total. The van der Waals surface area contributed by atoms with Crippen LogP contribution in [0.15, 0.2) is 91.4 Å². The van der Waals surface area contributed by atoms with Gasteiger partial charge in [-0.15, -0.1) is 0 Å². The van der Waals surface area contributed by atoms with Crippen LogP contribution in [0.4, 0.5) is 0 Å². The van der Waals surface area contributed by atoms with Crippen LogP contribution in [-0.4, -0.2) is 44.3 Å². The lowest BCUT2D eigenvalue weighted by Gasteiger charge is -2.32. The van der Waals surface area contributed by atoms with Crippen molar-refractivity contribution in [2.24, 2.45) is 0 Å². The molecule has 2 aromatic carbocycles. The second-order valence-corrected chi connectivity index (χ2v) is 8.23. The lowest BCUT2D eigenvalue weighted by Crippen LogP contribution is -2.44. The second kappa shape index (κ2) is 9.24. The van der Waals surface area contributed by atoms with E-state index in [-0.39, 0.29) is 11.9 Å². The molecule has 32 heavy (non-hydrogen) atoms. The fraction of sp³-hybridized carbons (Fsp3) is 0.231. The van der Waals surface area contributed by atoms with Gasteiger partial charge in [-0.05, 0) is 42.7 Å². The summed E-state index contributed by atoms with van der Waals surface area (Å²) >= 11 is 0. The summed E-state index contributed by atoms with van der Waals surface area (Å²) in [7, 11) is 0. The summed E-state index contributed by atoms with van der Waals surface area (Å²) in [6.45, 7) is 2.92. The number of carbonyl (C=O) groups excluding carboxylic acids is 1. The average molecular weight is 426 g/mol. The average Bonchev–Trinajstić information content (AvgIpc) is 3.51. The highest BCUT2D eigenvalue weighted by molar-refractivity contribution is 5.97. The Morgan fingerprint density at radius 1 is 0.906 bits per heavy atom. The smallest absolute Gasteiger partial charge is 0.256 e. The molecule has 6 heteroatoms. The maximum Gasteiger partial charge on any atom is 0.256 e. The molecular formula is C26H27N5O. The van der Waals surface area contributed by atoms with Crippen molar-refractivity contribution in [1.82, 2.24) is 24.6 Å². The molecule has 4 aromatic rings. The van der Waals surface area contributed by atoms with Crippen LogP contribution in [0.25, 0.3) is 11.5 Å². The van der Waals surface area contributed by atoms with Gasteiger partial charge in [0.1, 0.15) is 5.56 Å². The molecule has 2 aromatic heterocycles. The number of carbonyl (C=O) groups is 1. The highest BCUT2D eigenvalue weighted by Crippen LogP contribution is 2.21. The molecule has 0 aliphatic carbocycles. The highest BCUT2D eigenvalue weighted by atomic mass is 16.1. The highest BCUT2D eigenvalue weighted by Gasteiger charge is 2.25. The Bertz CT molecular complexity index is 1140. The molecule has 0 saturated carbocycles. The topological polar surface area (TPSA) is 55.1 Å². The standard InChI is InChI=1S/C26H27N5O/c32-25(28-22-13-17-29(18-14-22)20-21-9-3-1-4-10-21)24-19-27-31(23-11-5-2-6-12-23)26(24)30-15-7-8-16-30/h1-12,15-16,19,22H,13-14,17-18,20H2,(H,28,32). The molecule has 1 aliphatic rings. The van der Waals surface area contributed by atoms with Crippen molar-refractivity contribution < 1.29 is 4.79 Å². The van der Waals surface area contributed by atoms with Crippen molar-refractivity contribution in [3.05, 3.63) is 103 Å². The van der Waals surface area contributed by atoms with Gasteiger partial charge in [0.2, 0.25) is 0 Å². The lowest BCUT2D eigenvalue weighted by atomic mass is 10.0. The van der Waals surface area contributed by atoms with E-state index in [4.69, 9.17) is 0 Å². The van der Waals surface area contributed by atoms with Gasteiger partial charge < -0.3 is 9.88 Å². The predicted molar refractivity (Wildman–Crippen MR) is 125 cm³/mol. The van der Waals surface area contributed by atoms with E-state index in [1.165, 1.54) is 5.56 Å². The predicted octanol–water partition coefficient (Wildman–Crippen LogP) is 4.06. The quantitative estimate of drug-likeness (QED) is 0.507. The number of nitrogens with zero attached hydrogens (tertiary/aromatic N) is 4. The molecule has 0 bridgehead atoms. The van der Waals surface area contributed by atoms with E-state index in [1.807, 2.05) is 70.2 Å². The van der Waals surface area contributed by atoms with E-state index in [0.717, 1.165) is 44.0 Å². The summed E-state index contributed by atoms with van der Waals surface area (Å²) in [5, 5.41) is 7.80. The van der Waals surface area contributed by atoms with Gasteiger partial charge >= 0.3 is 0 Å². The van der Waals surface area contributed by atoms with Gasteiger partial charge in [-0.2, -0.15) is 5.10 Å². The Kier molecular flexibility index (Phi) is 5.85. The molecule has 6 nitrogen and oxygen atoms in total. The number of aromatic nitrogens is 3. The molecule has 1 aliphatic heterocycles. The van der Waals surface area contributed by atoms with Crippen LogP contribution in [0.1, 0.15) is 28.8 Å². The second-order valence-electron chi connectivity index (χ2n) is 8.23. The number of rotatable bonds is 6. The largest absolute Gasteiger partial charge is 0.349 e. The van der Waals surface area contributed by atoms with Crippen LogP contribution in [0.2, 0.25) is 0 Å². The van der Waals surface area contributed by atoms with Gasteiger partial charge in [-0.25, -0.2) is 4.68 Å². The van der Waals surface area contributed by atoms with E-state index < -0.39 is 0 Å². The van der Waals surface area contributed by atoms with Gasteiger partial charge in [-0.1, -0.05) is 48.5 Å². The van der Waals surface area contributed by atoms with Crippen LogP contribution in [0.5, 0.6) is 0 Å². The number of nitrogens with one attached hydrogen (secondary N) is 1. The zero-order chi connectivity index (χ0) is 21.8. The first-order chi connectivity index (χ1) is 15.8. The molecule has 0 atom stereocenters. The molecule has 0 unspecified atom stereocenters. The summed E-state index contributed by atoms with van der Waals surface area (Å²) in [6.07, 6.45) is 7.45. The van der Waals surface area contributed by atoms with E-state index >= 15 is 0 Å². The summed E-state index contributed by atoms with van der Waals surface area (Å²) in [5.41, 5.74) is 2.83. The summed E-state index contributed by atoms with van der Waals surface area (Å²) in [6, 6.07) is 24.5. The summed E-state index contributed by atoms with van der Waals surface area (Å²) < 4.78 is 3.76. The first-order valence-electron chi connectivity index (χ1n) is 11.1. The molecule has 1 fully saturated rings. The number of hydrogen-bond donors (Lipinski definition) is 1. The molecular weight excluding hydrogens is 398 g/mol. The minimum atomic E-state index is -0.0719. The van der Waals surface area contributed by atoms with E-state index in [2.05, 4.69) is 39.6 Å². The molecule has 3 heterocycles. The Morgan fingerprint density at radius 3 is 2.25 bits per heavy atom. The Balaban J connectivity index is 1.29. The minimum absolute atomic E-state index is 0.0719. The van der Waals surface area contributed by atoms with Crippen LogP contribution >= 0.6 is 0 Å². The molecule has 162 valence electrons. The first-order valence-corrected chi connectivity index (χ1v) is 11.1. The number of piperidine rings is 1. The molecule has 0 spiro atoms. The van der Waals surface area contributed by atoms with Crippen molar-refractivity contribution in [3.8, 4) is 11.5 Å². The SMILES string of the molecule is O=C(NC1CCN(Cc2ccccc2)CC1)c1cnn(-c2ccccc2)c1-n1cccc1. The number of hydrogen-bond acceptors (Lipinski definition) is 3. The zero-order valence-corrected chi connectivity index (χ0v) is 18.0. The summed E-state index contributed by atoms with van der Waals surface area (Å²) in [4.78, 5) is 15.7. The summed E-state index contributed by atoms with van der Waals surface area (Å²) in [5.74, 6) is 0.678. The van der Waals surface area contributed by atoms with E-state index in [1.54, 1.807) is 6.20 Å². The molecule has 0 radical (unpaired) electrons. The van der Waals surface area contributed by atoms with Gasteiger partial charge in [0.15, 0.2) is 5.82 Å². The third kappa shape index (κ3) is 4.36. The third-order valence-corrected chi connectivity index (χ3v) is 6.01. The van der Waals surface area contributed by atoms with Crippen molar-refractivity contribution in [2.45, 2.75) is 25.4 Å². The molecule has 5 rings (SSSR count). The monoisotopic (exact) mass is 425 g/mol. The van der Waals surface area contributed by atoms with Gasteiger partial charge in [-0.3, -0.25) is 9.69 Å². The fourth-order valence-corrected chi connectivity index (χ4v) is 4.32. The maximum absolute atomic E-state index is 13.3. The van der Waals surface area contributed by atoms with Gasteiger partial charge in [0.05, 0.1) is 11.9 Å². The minimum Gasteiger partial charge on any atom is -0.349 e. The van der Waals surface area contributed by atoms with Crippen LogP contribution in [0.3, 0.4) is 0 Å². The van der Waals surface area contributed by atoms with Crippen LogP contribution in [0, 0.1) is 0 Å². The number of para-hydroxylation sites is 1. The van der Waals surface area contributed by atoms with Crippen LogP contribution < -0.4 is 5.32 Å². The molecule has 1 amide bonds. The molecule has 1 saturated heterocycles. The number of amides is 1. The Hall–Kier alpha value is -3.64. The van der Waals surface area contributed by atoms with Crippen LogP contribution in [-0.2, 0) is 6.54 Å². The first kappa shape index (κ1) is 20.3. The third-order valence-electron chi connectivity index (χ3n) is 6.01. The fourth-order valence-electron chi connectivity index (χ4n) is 4.32. The van der Waals surface area contributed by atoms with E-state index in [9.17, 15) is 4.79 Å². The Morgan fingerprint density at radius 2 is 1.56 bits per heavy atom. The van der Waals surface area contributed by atoms with Crippen molar-refractivity contribution in [1.29, 1.82) is 0 Å². The zero-order valence-electron chi connectivity index (χ0n) is 18.0. The maximum atomic E-state index is 13.3. The Labute approximate surface area is 188 Å². The van der Waals surface area contributed by atoms with Gasteiger partial charge in [0.25, 0.3) is 5.91 Å². The van der Waals surface area contributed by atoms with Gasteiger partial charge in [0, 0.05) is 38.1 Å². The number of benzene rings is 2. The van der Waals surface area contributed by atoms with Crippen molar-refractivity contribution in [3.63, 3.8) is 0 Å². The lowest BCUT2D eigenvalue weighted by molar-refractivity contribution is 0.0909.